The van der Waals surface area contributed by atoms with Crippen LogP contribution in [0.25, 0.3) is 0 Å². The summed E-state index contributed by atoms with van der Waals surface area (Å²) in [5.41, 5.74) is 0. The molecule has 3 atom stereocenters. The van der Waals surface area contributed by atoms with Gasteiger partial charge in [-0.15, -0.1) is 0 Å². The van der Waals surface area contributed by atoms with E-state index in [-0.39, 0.29) is 18.3 Å². The van der Waals surface area contributed by atoms with Crippen molar-refractivity contribution in [1.82, 2.24) is 0 Å². The molecule has 0 aromatic rings. The predicted octanol–water partition coefficient (Wildman–Crippen LogP) is 0.561. The zero-order chi connectivity index (χ0) is 8.55. The number of aliphatic hydroxyl groups excluding tert-OH is 1. The van der Waals surface area contributed by atoms with Gasteiger partial charge in [0.15, 0.2) is 0 Å². The summed E-state index contributed by atoms with van der Waals surface area (Å²) < 4.78 is 10.7. The van der Waals surface area contributed by atoms with E-state index >= 15 is 0 Å². The first-order valence-electron chi connectivity index (χ1n) is 4.63. The Morgan fingerprint density at radius 2 is 2.17 bits per heavy atom. The minimum absolute atomic E-state index is 0.0799. The van der Waals surface area contributed by atoms with Gasteiger partial charge in [0.2, 0.25) is 0 Å². The fourth-order valence-electron chi connectivity index (χ4n) is 1.57. The highest BCUT2D eigenvalue weighted by Gasteiger charge is 2.41. The van der Waals surface area contributed by atoms with Crippen LogP contribution in [0.1, 0.15) is 19.3 Å². The van der Waals surface area contributed by atoms with Crippen molar-refractivity contribution < 1.29 is 14.6 Å². The largest absolute Gasteiger partial charge is 0.390 e. The number of rotatable bonds is 4. The first-order valence-corrected chi connectivity index (χ1v) is 4.63. The first-order chi connectivity index (χ1) is 5.81. The summed E-state index contributed by atoms with van der Waals surface area (Å²) >= 11 is 0. The highest BCUT2D eigenvalue weighted by atomic mass is 16.5. The molecule has 3 unspecified atom stereocenters. The molecule has 3 heteroatoms. The van der Waals surface area contributed by atoms with E-state index in [4.69, 9.17) is 9.47 Å². The van der Waals surface area contributed by atoms with Crippen molar-refractivity contribution in [2.24, 2.45) is 5.92 Å². The zero-order valence-corrected chi connectivity index (χ0v) is 7.40. The number of aliphatic hydroxyl groups is 1. The number of hydrogen-bond acceptors (Lipinski definition) is 3. The van der Waals surface area contributed by atoms with E-state index in [0.29, 0.717) is 0 Å². The van der Waals surface area contributed by atoms with Crippen LogP contribution in [-0.4, -0.2) is 37.1 Å². The number of ether oxygens (including phenoxy) is 2. The van der Waals surface area contributed by atoms with Crippen LogP contribution in [0, 0.1) is 5.92 Å². The molecule has 0 bridgehead atoms. The molecule has 2 aliphatic carbocycles. The van der Waals surface area contributed by atoms with Gasteiger partial charge >= 0.3 is 0 Å². The Balaban J connectivity index is 1.66. The summed E-state index contributed by atoms with van der Waals surface area (Å²) in [6.45, 7) is 0.858. The highest BCUT2D eigenvalue weighted by Crippen LogP contribution is 2.32. The standard InChI is InChI=1S/C9H16O3/c1-11-9-7(10)4-8(9)12-5-6-2-3-6/h6-10H,2-5H2,1H3. The summed E-state index contributed by atoms with van der Waals surface area (Å²) in [4.78, 5) is 0. The fourth-order valence-corrected chi connectivity index (χ4v) is 1.57. The van der Waals surface area contributed by atoms with Gasteiger partial charge in [0, 0.05) is 20.1 Å². The van der Waals surface area contributed by atoms with E-state index in [1.807, 2.05) is 0 Å². The van der Waals surface area contributed by atoms with E-state index in [9.17, 15) is 5.11 Å². The molecule has 70 valence electrons. The molecule has 0 heterocycles. The van der Waals surface area contributed by atoms with Crippen LogP contribution in [0.3, 0.4) is 0 Å². The van der Waals surface area contributed by atoms with Crippen LogP contribution >= 0.6 is 0 Å². The molecule has 0 saturated heterocycles. The molecule has 0 aromatic carbocycles. The smallest absolute Gasteiger partial charge is 0.109 e. The van der Waals surface area contributed by atoms with Crippen LogP contribution in [0.15, 0.2) is 0 Å². The van der Waals surface area contributed by atoms with Gasteiger partial charge < -0.3 is 14.6 Å². The maximum atomic E-state index is 9.25. The fraction of sp³-hybridized carbons (Fsp3) is 1.00. The Hall–Kier alpha value is -0.120. The molecule has 0 radical (unpaired) electrons. The lowest BCUT2D eigenvalue weighted by atomic mass is 9.88. The number of methoxy groups -OCH3 is 1. The van der Waals surface area contributed by atoms with E-state index in [2.05, 4.69) is 0 Å². The van der Waals surface area contributed by atoms with E-state index in [1.165, 1.54) is 12.8 Å². The van der Waals surface area contributed by atoms with E-state index in [1.54, 1.807) is 7.11 Å². The third-order valence-corrected chi connectivity index (χ3v) is 2.73. The molecule has 0 spiro atoms. The summed E-state index contributed by atoms with van der Waals surface area (Å²) in [7, 11) is 1.63. The molecule has 0 aliphatic heterocycles. The Kier molecular flexibility index (Phi) is 2.35. The maximum Gasteiger partial charge on any atom is 0.109 e. The topological polar surface area (TPSA) is 38.7 Å². The van der Waals surface area contributed by atoms with Gasteiger partial charge in [-0.05, 0) is 18.8 Å². The molecule has 3 nitrogen and oxygen atoms in total. The maximum absolute atomic E-state index is 9.25. The lowest BCUT2D eigenvalue weighted by molar-refractivity contribution is -0.182. The van der Waals surface area contributed by atoms with Gasteiger partial charge in [-0.2, -0.15) is 0 Å². The van der Waals surface area contributed by atoms with Crippen molar-refractivity contribution in [2.45, 2.75) is 37.6 Å². The second-order valence-electron chi connectivity index (χ2n) is 3.82. The number of hydrogen-bond donors (Lipinski definition) is 1. The van der Waals surface area contributed by atoms with Crippen molar-refractivity contribution in [2.75, 3.05) is 13.7 Å². The summed E-state index contributed by atoms with van der Waals surface area (Å²) in [6.07, 6.45) is 3.12. The summed E-state index contributed by atoms with van der Waals surface area (Å²) in [6, 6.07) is 0. The molecule has 2 saturated carbocycles. The average molecular weight is 172 g/mol. The third kappa shape index (κ3) is 1.63. The van der Waals surface area contributed by atoms with Gasteiger partial charge in [0.25, 0.3) is 0 Å². The Labute approximate surface area is 72.7 Å². The quantitative estimate of drug-likeness (QED) is 0.673. The third-order valence-electron chi connectivity index (χ3n) is 2.73. The van der Waals surface area contributed by atoms with Crippen molar-refractivity contribution >= 4 is 0 Å². The first kappa shape index (κ1) is 8.48. The van der Waals surface area contributed by atoms with Crippen LogP contribution in [0.2, 0.25) is 0 Å². The molecule has 0 amide bonds. The minimum atomic E-state index is -0.306. The monoisotopic (exact) mass is 172 g/mol. The molecule has 12 heavy (non-hydrogen) atoms. The lowest BCUT2D eigenvalue weighted by Crippen LogP contribution is -2.53. The zero-order valence-electron chi connectivity index (χ0n) is 7.40. The Morgan fingerprint density at radius 1 is 1.42 bits per heavy atom. The average Bonchev–Trinajstić information content (AvgIpc) is 2.81. The van der Waals surface area contributed by atoms with Crippen LogP contribution in [0.5, 0.6) is 0 Å². The van der Waals surface area contributed by atoms with Crippen LogP contribution in [-0.2, 0) is 9.47 Å². The molecule has 1 N–H and O–H groups in total. The van der Waals surface area contributed by atoms with Gasteiger partial charge in [-0.25, -0.2) is 0 Å². The van der Waals surface area contributed by atoms with Crippen molar-refractivity contribution in [3.63, 3.8) is 0 Å². The molecule has 0 aromatic heterocycles. The van der Waals surface area contributed by atoms with Crippen LogP contribution < -0.4 is 0 Å². The lowest BCUT2D eigenvalue weighted by Gasteiger charge is -2.39. The van der Waals surface area contributed by atoms with Gasteiger partial charge in [-0.1, -0.05) is 0 Å². The van der Waals surface area contributed by atoms with Gasteiger partial charge in [0.05, 0.1) is 12.2 Å². The molecule has 2 fully saturated rings. The molecular weight excluding hydrogens is 156 g/mol. The van der Waals surface area contributed by atoms with Gasteiger partial charge in [0.1, 0.15) is 6.10 Å². The predicted molar refractivity (Wildman–Crippen MR) is 43.9 cm³/mol. The van der Waals surface area contributed by atoms with Crippen molar-refractivity contribution in [3.8, 4) is 0 Å². The Morgan fingerprint density at radius 3 is 2.67 bits per heavy atom. The summed E-state index contributed by atoms with van der Waals surface area (Å²) in [5.74, 6) is 0.792. The highest BCUT2D eigenvalue weighted by molar-refractivity contribution is 4.92. The van der Waals surface area contributed by atoms with Crippen molar-refractivity contribution in [3.05, 3.63) is 0 Å². The second kappa shape index (κ2) is 3.32. The molecule has 2 aliphatic rings. The Bertz CT molecular complexity index is 156. The summed E-state index contributed by atoms with van der Waals surface area (Å²) in [5, 5.41) is 9.25. The van der Waals surface area contributed by atoms with Crippen LogP contribution in [0.4, 0.5) is 0 Å². The van der Waals surface area contributed by atoms with E-state index in [0.717, 1.165) is 18.9 Å². The van der Waals surface area contributed by atoms with Crippen molar-refractivity contribution in [1.29, 1.82) is 0 Å². The minimum Gasteiger partial charge on any atom is -0.390 e. The molecular formula is C9H16O3. The van der Waals surface area contributed by atoms with E-state index < -0.39 is 0 Å². The molecule has 2 rings (SSSR count). The SMILES string of the molecule is COC1C(O)CC1OCC1CC1. The second-order valence-corrected chi connectivity index (χ2v) is 3.82. The van der Waals surface area contributed by atoms with Gasteiger partial charge in [-0.3, -0.25) is 0 Å². The normalized spacial score (nSPS) is 41.0.